The highest BCUT2D eigenvalue weighted by Crippen LogP contribution is 2.24. The van der Waals surface area contributed by atoms with Crippen LogP contribution in [0.3, 0.4) is 0 Å². The second-order valence-electron chi connectivity index (χ2n) is 3.66. The number of aliphatic hydroxyl groups excluding tert-OH is 1. The molecule has 2 heterocycles. The van der Waals surface area contributed by atoms with Crippen LogP contribution in [-0.2, 0) is 6.54 Å². The molecule has 6 nitrogen and oxygen atoms in total. The van der Waals surface area contributed by atoms with E-state index in [0.29, 0.717) is 24.5 Å². The third-order valence-corrected chi connectivity index (χ3v) is 2.72. The maximum Gasteiger partial charge on any atom is 0.296 e. The number of rotatable bonds is 2. The van der Waals surface area contributed by atoms with Crippen molar-refractivity contribution in [2.45, 2.75) is 6.54 Å². The lowest BCUT2D eigenvalue weighted by molar-refractivity contribution is 0.233. The molecule has 0 unspecified atom stereocenters. The van der Waals surface area contributed by atoms with E-state index in [0.717, 1.165) is 6.54 Å². The average molecular weight is 222 g/mol. The van der Waals surface area contributed by atoms with Crippen LogP contribution in [0.25, 0.3) is 5.70 Å². The lowest BCUT2D eigenvalue weighted by atomic mass is 10.2. The Morgan fingerprint density at radius 3 is 3.00 bits per heavy atom. The number of aliphatic hydroxyl groups is 1. The maximum atomic E-state index is 11.3. The van der Waals surface area contributed by atoms with Crippen LogP contribution in [0.5, 0.6) is 0 Å². The first-order valence-electron chi connectivity index (χ1n) is 5.05. The second-order valence-corrected chi connectivity index (χ2v) is 3.66. The normalized spacial score (nSPS) is 15.1. The van der Waals surface area contributed by atoms with Crippen LogP contribution in [0.2, 0.25) is 0 Å². The quantitative estimate of drug-likeness (QED) is 0.677. The molecule has 86 valence electrons. The molecule has 1 aliphatic rings. The smallest absolute Gasteiger partial charge is 0.296 e. The third kappa shape index (κ3) is 1.57. The molecule has 3 N–H and O–H groups in total. The van der Waals surface area contributed by atoms with Crippen molar-refractivity contribution >= 4 is 11.4 Å². The number of β-amino-alcohol motifs (C(OH)–C–C–N with tert-alkyl or cyclic N) is 1. The minimum Gasteiger partial charge on any atom is -0.395 e. The first kappa shape index (κ1) is 10.7. The van der Waals surface area contributed by atoms with Crippen LogP contribution in [-0.4, -0.2) is 39.3 Å². The number of hydrogen-bond acceptors (Lipinski definition) is 5. The van der Waals surface area contributed by atoms with Gasteiger partial charge in [0.1, 0.15) is 5.69 Å². The number of nitrogens with two attached hydrogens (primary N) is 1. The third-order valence-electron chi connectivity index (χ3n) is 2.72. The molecule has 0 amide bonds. The lowest BCUT2D eigenvalue weighted by Gasteiger charge is -2.33. The van der Waals surface area contributed by atoms with Gasteiger partial charge in [-0.25, -0.2) is 0 Å². The molecule has 0 bridgehead atoms. The molecular weight excluding hydrogens is 208 g/mol. The molecule has 1 aromatic heterocycles. The molecule has 1 aromatic rings. The molecule has 0 saturated carbocycles. The van der Waals surface area contributed by atoms with Crippen LogP contribution in [0, 0.1) is 0 Å². The van der Waals surface area contributed by atoms with Gasteiger partial charge in [-0.05, 0) is 0 Å². The van der Waals surface area contributed by atoms with E-state index in [1.54, 1.807) is 0 Å². The van der Waals surface area contributed by atoms with Gasteiger partial charge in [0, 0.05) is 19.6 Å². The van der Waals surface area contributed by atoms with E-state index < -0.39 is 5.56 Å². The fraction of sp³-hybridized carbons (Fsp3) is 0.400. The topological polar surface area (TPSA) is 84.4 Å². The predicted octanol–water partition coefficient (Wildman–Crippen LogP) is -0.896. The standard InChI is InChI=1S/C10H14N4O2/c1-7-9-8(11)10(16)12-6-14(9)3-2-13(7)4-5-15/h6,15H,1-5,11H2. The van der Waals surface area contributed by atoms with Gasteiger partial charge in [-0.3, -0.25) is 4.79 Å². The van der Waals surface area contributed by atoms with Crippen molar-refractivity contribution in [2.24, 2.45) is 0 Å². The fourth-order valence-electron chi connectivity index (χ4n) is 1.88. The first-order valence-corrected chi connectivity index (χ1v) is 5.05. The number of hydrogen-bond donors (Lipinski definition) is 2. The zero-order chi connectivity index (χ0) is 11.7. The lowest BCUT2D eigenvalue weighted by Crippen LogP contribution is -2.37. The fourth-order valence-corrected chi connectivity index (χ4v) is 1.88. The Hall–Kier alpha value is -1.82. The Bertz CT molecular complexity index is 480. The molecule has 0 spiro atoms. The number of aromatic nitrogens is 2. The second kappa shape index (κ2) is 3.97. The molecule has 0 fully saturated rings. The Morgan fingerprint density at radius 1 is 1.56 bits per heavy atom. The zero-order valence-electron chi connectivity index (χ0n) is 8.89. The van der Waals surface area contributed by atoms with Crippen LogP contribution in [0.15, 0.2) is 17.7 Å². The van der Waals surface area contributed by atoms with Crippen molar-refractivity contribution in [1.29, 1.82) is 0 Å². The molecule has 0 radical (unpaired) electrons. The molecular formula is C10H14N4O2. The zero-order valence-corrected chi connectivity index (χ0v) is 8.89. The Morgan fingerprint density at radius 2 is 2.31 bits per heavy atom. The van der Waals surface area contributed by atoms with Gasteiger partial charge in [0.15, 0.2) is 0 Å². The summed E-state index contributed by atoms with van der Waals surface area (Å²) in [6.07, 6.45) is 1.48. The molecule has 1 aliphatic heterocycles. The van der Waals surface area contributed by atoms with Crippen LogP contribution >= 0.6 is 0 Å². The molecule has 0 aliphatic carbocycles. The SMILES string of the molecule is C=C1c2c(N)c(=O)ncn2CCN1CCO. The summed E-state index contributed by atoms with van der Waals surface area (Å²) in [6.45, 7) is 5.87. The van der Waals surface area contributed by atoms with Crippen molar-refractivity contribution < 1.29 is 5.11 Å². The minimum atomic E-state index is -0.432. The van der Waals surface area contributed by atoms with Crippen LogP contribution in [0.1, 0.15) is 5.69 Å². The van der Waals surface area contributed by atoms with Crippen molar-refractivity contribution in [3.8, 4) is 0 Å². The largest absolute Gasteiger partial charge is 0.395 e. The van der Waals surface area contributed by atoms with E-state index >= 15 is 0 Å². The maximum absolute atomic E-state index is 11.3. The van der Waals surface area contributed by atoms with Gasteiger partial charge in [-0.1, -0.05) is 6.58 Å². The van der Waals surface area contributed by atoms with Crippen molar-refractivity contribution in [3.63, 3.8) is 0 Å². The van der Waals surface area contributed by atoms with E-state index in [1.807, 2.05) is 9.47 Å². The van der Waals surface area contributed by atoms with Gasteiger partial charge in [-0.15, -0.1) is 0 Å². The Kier molecular flexibility index (Phi) is 2.66. The Balaban J connectivity index is 2.47. The van der Waals surface area contributed by atoms with Gasteiger partial charge in [0.05, 0.1) is 24.3 Å². The molecule has 16 heavy (non-hydrogen) atoms. The number of nitrogens with zero attached hydrogens (tertiary/aromatic N) is 3. The first-order chi connectivity index (χ1) is 7.65. The van der Waals surface area contributed by atoms with E-state index in [1.165, 1.54) is 6.33 Å². The molecule has 6 heteroatoms. The highest BCUT2D eigenvalue weighted by molar-refractivity contribution is 5.69. The van der Waals surface area contributed by atoms with E-state index in [2.05, 4.69) is 11.6 Å². The molecule has 0 atom stereocenters. The molecule has 0 aromatic carbocycles. The molecule has 0 saturated heterocycles. The van der Waals surface area contributed by atoms with E-state index in [9.17, 15) is 4.79 Å². The highest BCUT2D eigenvalue weighted by atomic mass is 16.3. The van der Waals surface area contributed by atoms with Crippen LogP contribution < -0.4 is 11.3 Å². The van der Waals surface area contributed by atoms with Crippen molar-refractivity contribution in [1.82, 2.24) is 14.5 Å². The summed E-state index contributed by atoms with van der Waals surface area (Å²) in [5.41, 5.74) is 6.67. The van der Waals surface area contributed by atoms with Gasteiger partial charge >= 0.3 is 0 Å². The summed E-state index contributed by atoms with van der Waals surface area (Å²) in [6, 6.07) is 0. The summed E-state index contributed by atoms with van der Waals surface area (Å²) in [5.74, 6) is 0. The van der Waals surface area contributed by atoms with Crippen LogP contribution in [0.4, 0.5) is 5.69 Å². The van der Waals surface area contributed by atoms with Gasteiger partial charge in [0.2, 0.25) is 0 Å². The number of fused-ring (bicyclic) bond motifs is 1. The van der Waals surface area contributed by atoms with Gasteiger partial charge < -0.3 is 20.3 Å². The monoisotopic (exact) mass is 222 g/mol. The van der Waals surface area contributed by atoms with Gasteiger partial charge in [0.25, 0.3) is 5.56 Å². The average Bonchev–Trinajstić information content (AvgIpc) is 2.27. The van der Waals surface area contributed by atoms with Gasteiger partial charge in [-0.2, -0.15) is 4.98 Å². The highest BCUT2D eigenvalue weighted by Gasteiger charge is 2.21. The van der Waals surface area contributed by atoms with E-state index in [4.69, 9.17) is 10.8 Å². The number of anilines is 1. The Labute approximate surface area is 92.6 Å². The molecule has 2 rings (SSSR count). The van der Waals surface area contributed by atoms with E-state index in [-0.39, 0.29) is 12.3 Å². The van der Waals surface area contributed by atoms with Crippen molar-refractivity contribution in [2.75, 3.05) is 25.4 Å². The summed E-state index contributed by atoms with van der Waals surface area (Å²) in [5, 5.41) is 8.91. The summed E-state index contributed by atoms with van der Waals surface area (Å²) >= 11 is 0. The minimum absolute atomic E-state index is 0.0498. The predicted molar refractivity (Wildman–Crippen MR) is 60.6 cm³/mol. The summed E-state index contributed by atoms with van der Waals surface area (Å²) < 4.78 is 1.81. The number of nitrogen functional groups attached to an aromatic ring is 1. The summed E-state index contributed by atoms with van der Waals surface area (Å²) in [7, 11) is 0. The van der Waals surface area contributed by atoms with Crippen molar-refractivity contribution in [3.05, 3.63) is 29.0 Å². The summed E-state index contributed by atoms with van der Waals surface area (Å²) in [4.78, 5) is 16.9.